The Labute approximate surface area is 165 Å². The molecule has 0 spiro atoms. The SMILES string of the molecule is Cc1nnnn1-c1ccc(F)c(NC(=O)CCS(=O)(=O)c2ccc(Cl)cc2)c1. The fourth-order valence-electron chi connectivity index (χ4n) is 2.41. The van der Waals surface area contributed by atoms with E-state index in [1.54, 1.807) is 6.92 Å². The molecule has 146 valence electrons. The van der Waals surface area contributed by atoms with Gasteiger partial charge in [0.2, 0.25) is 5.91 Å². The van der Waals surface area contributed by atoms with Crippen LogP contribution < -0.4 is 5.32 Å². The van der Waals surface area contributed by atoms with Gasteiger partial charge in [-0.15, -0.1) is 5.10 Å². The van der Waals surface area contributed by atoms with Crippen molar-refractivity contribution in [2.75, 3.05) is 11.1 Å². The maximum Gasteiger partial charge on any atom is 0.225 e. The molecule has 2 aromatic carbocycles. The second-order valence-corrected chi connectivity index (χ2v) is 8.42. The fraction of sp³-hybridized carbons (Fsp3) is 0.176. The van der Waals surface area contributed by atoms with E-state index in [2.05, 4.69) is 20.8 Å². The minimum absolute atomic E-state index is 0.0621. The van der Waals surface area contributed by atoms with E-state index in [0.29, 0.717) is 16.5 Å². The van der Waals surface area contributed by atoms with Crippen LogP contribution in [0.2, 0.25) is 5.02 Å². The van der Waals surface area contributed by atoms with Crippen molar-refractivity contribution in [1.82, 2.24) is 20.2 Å². The molecular weight excluding hydrogens is 409 g/mol. The monoisotopic (exact) mass is 423 g/mol. The molecule has 1 heterocycles. The van der Waals surface area contributed by atoms with Crippen molar-refractivity contribution in [3.63, 3.8) is 0 Å². The molecule has 0 saturated carbocycles. The third-order valence-electron chi connectivity index (χ3n) is 3.86. The van der Waals surface area contributed by atoms with Crippen LogP contribution in [-0.4, -0.2) is 40.3 Å². The van der Waals surface area contributed by atoms with E-state index >= 15 is 0 Å². The number of hydrogen-bond acceptors (Lipinski definition) is 6. The minimum atomic E-state index is -3.67. The van der Waals surface area contributed by atoms with Crippen LogP contribution in [-0.2, 0) is 14.6 Å². The Morgan fingerprint density at radius 1 is 1.21 bits per heavy atom. The van der Waals surface area contributed by atoms with Gasteiger partial charge in [-0.05, 0) is 59.8 Å². The molecule has 1 aromatic heterocycles. The zero-order chi connectivity index (χ0) is 20.3. The molecule has 0 aliphatic heterocycles. The standard InChI is InChI=1S/C17H15ClFN5O3S/c1-11-21-22-23-24(11)13-4-7-15(19)16(10-13)20-17(25)8-9-28(26,27)14-5-2-12(18)3-6-14/h2-7,10H,8-9H2,1H3,(H,20,25). The molecule has 1 amide bonds. The van der Waals surface area contributed by atoms with Crippen molar-refractivity contribution < 1.29 is 17.6 Å². The Kier molecular flexibility index (Phi) is 5.71. The molecule has 0 radical (unpaired) electrons. The molecule has 0 fully saturated rings. The number of tetrazole rings is 1. The number of nitrogens with zero attached hydrogens (tertiary/aromatic N) is 4. The average molecular weight is 424 g/mol. The maximum absolute atomic E-state index is 14.0. The van der Waals surface area contributed by atoms with Crippen molar-refractivity contribution >= 4 is 33.0 Å². The molecular formula is C17H15ClFN5O3S. The summed E-state index contributed by atoms with van der Waals surface area (Å²) in [5.41, 5.74) is 0.356. The van der Waals surface area contributed by atoms with Crippen LogP contribution in [0.25, 0.3) is 5.69 Å². The van der Waals surface area contributed by atoms with E-state index in [1.807, 2.05) is 0 Å². The first kappa shape index (κ1) is 19.9. The lowest BCUT2D eigenvalue weighted by Crippen LogP contribution is -2.18. The van der Waals surface area contributed by atoms with Crippen LogP contribution >= 0.6 is 11.6 Å². The third-order valence-corrected chi connectivity index (χ3v) is 5.85. The second-order valence-electron chi connectivity index (χ2n) is 5.87. The molecule has 0 aliphatic carbocycles. The van der Waals surface area contributed by atoms with Crippen molar-refractivity contribution in [1.29, 1.82) is 0 Å². The molecule has 0 saturated heterocycles. The van der Waals surface area contributed by atoms with Gasteiger partial charge < -0.3 is 5.32 Å². The second kappa shape index (κ2) is 8.03. The molecule has 3 rings (SSSR count). The lowest BCUT2D eigenvalue weighted by molar-refractivity contribution is -0.115. The molecule has 8 nitrogen and oxygen atoms in total. The number of aromatic nitrogens is 4. The molecule has 28 heavy (non-hydrogen) atoms. The van der Waals surface area contributed by atoms with Crippen molar-refractivity contribution in [2.24, 2.45) is 0 Å². The Balaban J connectivity index is 1.69. The van der Waals surface area contributed by atoms with E-state index in [0.717, 1.165) is 6.07 Å². The quantitative estimate of drug-likeness (QED) is 0.653. The number of sulfone groups is 1. The minimum Gasteiger partial charge on any atom is -0.324 e. The number of nitrogens with one attached hydrogen (secondary N) is 1. The van der Waals surface area contributed by atoms with E-state index in [9.17, 15) is 17.6 Å². The first-order valence-electron chi connectivity index (χ1n) is 8.09. The summed E-state index contributed by atoms with van der Waals surface area (Å²) in [6.45, 7) is 1.67. The van der Waals surface area contributed by atoms with Crippen LogP contribution in [0.5, 0.6) is 0 Å². The van der Waals surface area contributed by atoms with Gasteiger partial charge in [0.15, 0.2) is 15.7 Å². The number of aryl methyl sites for hydroxylation is 1. The maximum atomic E-state index is 14.0. The smallest absolute Gasteiger partial charge is 0.225 e. The molecule has 0 aliphatic rings. The summed E-state index contributed by atoms with van der Waals surface area (Å²) in [5, 5.41) is 13.8. The summed E-state index contributed by atoms with van der Waals surface area (Å²) >= 11 is 5.75. The van der Waals surface area contributed by atoms with E-state index in [-0.39, 0.29) is 17.0 Å². The normalized spacial score (nSPS) is 11.4. The lowest BCUT2D eigenvalue weighted by atomic mass is 10.2. The van der Waals surface area contributed by atoms with Gasteiger partial charge in [0.1, 0.15) is 5.82 Å². The van der Waals surface area contributed by atoms with Gasteiger partial charge in [0, 0.05) is 11.4 Å². The Hall–Kier alpha value is -2.85. The summed E-state index contributed by atoms with van der Waals surface area (Å²) in [7, 11) is -3.67. The molecule has 0 unspecified atom stereocenters. The highest BCUT2D eigenvalue weighted by Gasteiger charge is 2.17. The van der Waals surface area contributed by atoms with Crippen molar-refractivity contribution in [2.45, 2.75) is 18.2 Å². The number of anilines is 1. The van der Waals surface area contributed by atoms with E-state index in [1.165, 1.54) is 41.1 Å². The highest BCUT2D eigenvalue weighted by Crippen LogP contribution is 2.20. The summed E-state index contributed by atoms with van der Waals surface area (Å²) < 4.78 is 40.0. The van der Waals surface area contributed by atoms with E-state index < -0.39 is 27.3 Å². The largest absolute Gasteiger partial charge is 0.324 e. The Bertz CT molecular complexity index is 1120. The van der Waals surface area contributed by atoms with Crippen LogP contribution in [0.1, 0.15) is 12.2 Å². The zero-order valence-electron chi connectivity index (χ0n) is 14.6. The summed E-state index contributed by atoms with van der Waals surface area (Å²) in [6.07, 6.45) is -0.335. The number of amides is 1. The average Bonchev–Trinajstić information content (AvgIpc) is 3.08. The number of carbonyl (C=O) groups is 1. The summed E-state index contributed by atoms with van der Waals surface area (Å²) in [4.78, 5) is 12.2. The first-order valence-corrected chi connectivity index (χ1v) is 10.1. The van der Waals surface area contributed by atoms with Gasteiger partial charge in [-0.1, -0.05) is 11.6 Å². The van der Waals surface area contributed by atoms with Gasteiger partial charge in [-0.2, -0.15) is 4.68 Å². The topological polar surface area (TPSA) is 107 Å². The van der Waals surface area contributed by atoms with Gasteiger partial charge >= 0.3 is 0 Å². The predicted molar refractivity (Wildman–Crippen MR) is 101 cm³/mol. The predicted octanol–water partition coefficient (Wildman–Crippen LogP) is 2.57. The lowest BCUT2D eigenvalue weighted by Gasteiger charge is -2.09. The highest BCUT2D eigenvalue weighted by molar-refractivity contribution is 7.91. The van der Waals surface area contributed by atoms with Gasteiger partial charge in [-0.3, -0.25) is 4.79 Å². The van der Waals surface area contributed by atoms with Crippen molar-refractivity contribution in [3.8, 4) is 5.69 Å². The third kappa shape index (κ3) is 4.52. The van der Waals surface area contributed by atoms with Crippen LogP contribution in [0, 0.1) is 12.7 Å². The van der Waals surface area contributed by atoms with Crippen LogP contribution in [0.3, 0.4) is 0 Å². The molecule has 1 N–H and O–H groups in total. The summed E-state index contributed by atoms with van der Waals surface area (Å²) in [6, 6.07) is 9.63. The van der Waals surface area contributed by atoms with Gasteiger partial charge in [0.05, 0.1) is 22.0 Å². The highest BCUT2D eigenvalue weighted by atomic mass is 35.5. The molecule has 11 heteroatoms. The number of halogens is 2. The van der Waals surface area contributed by atoms with Crippen molar-refractivity contribution in [3.05, 3.63) is 59.1 Å². The van der Waals surface area contributed by atoms with Gasteiger partial charge in [-0.25, -0.2) is 12.8 Å². The Morgan fingerprint density at radius 3 is 2.57 bits per heavy atom. The summed E-state index contributed by atoms with van der Waals surface area (Å²) in [5.74, 6) is -1.24. The molecule has 0 bridgehead atoms. The first-order chi connectivity index (χ1) is 13.3. The Morgan fingerprint density at radius 2 is 1.93 bits per heavy atom. The van der Waals surface area contributed by atoms with Gasteiger partial charge in [0.25, 0.3) is 0 Å². The number of carbonyl (C=O) groups excluding carboxylic acids is 1. The fourth-order valence-corrected chi connectivity index (χ4v) is 3.78. The number of rotatable bonds is 6. The van der Waals surface area contributed by atoms with Crippen LogP contribution in [0.4, 0.5) is 10.1 Å². The van der Waals surface area contributed by atoms with E-state index in [4.69, 9.17) is 11.6 Å². The zero-order valence-corrected chi connectivity index (χ0v) is 16.2. The number of hydrogen-bond donors (Lipinski definition) is 1. The molecule has 0 atom stereocenters. The molecule has 3 aromatic rings. The number of benzene rings is 2. The van der Waals surface area contributed by atoms with Crippen LogP contribution in [0.15, 0.2) is 47.4 Å².